The first-order valence-electron chi connectivity index (χ1n) is 18.0. The molecule has 1 N–H and O–H groups in total. The fourth-order valence-electron chi connectivity index (χ4n) is 11.0. The molecule has 0 amide bonds. The standard InChI is InChI=1S/C38H66O2/c1-28(2)15-14-16-29(3)33-21-22-34-32-20-19-31-27-30(17-12-10-8-6-7-9-11-13-18-36(39)40)23-25-37(31,4)35(32)24-26-38(33,34)5/h12,17,28-35H,6-11,13-16,18-27H2,1-5H3,(H,39,40)/t29-,30?,31?,32?,33-,34?,35?,37+,38-/m1/s1. The SMILES string of the molecule is CC(C)CCC[C@@H](C)[C@H]1CCC2C3CCC4CC(C=CCCCCCCCCC(=O)O)CC[C@]4(C)C3CC[C@@]21C. The number of carbonyl (C=O) groups is 1. The van der Waals surface area contributed by atoms with E-state index < -0.39 is 5.97 Å². The minimum atomic E-state index is -0.650. The Kier molecular flexibility index (Phi) is 11.7. The van der Waals surface area contributed by atoms with Gasteiger partial charge in [0.05, 0.1) is 0 Å². The predicted molar refractivity (Wildman–Crippen MR) is 170 cm³/mol. The van der Waals surface area contributed by atoms with Gasteiger partial charge in [0.1, 0.15) is 0 Å². The summed E-state index contributed by atoms with van der Waals surface area (Å²) in [5.41, 5.74) is 1.23. The molecule has 5 unspecified atom stereocenters. The Balaban J connectivity index is 1.22. The number of rotatable bonds is 15. The molecular formula is C38H66O2. The van der Waals surface area contributed by atoms with Gasteiger partial charge in [-0.3, -0.25) is 4.79 Å². The summed E-state index contributed by atoms with van der Waals surface area (Å²) in [7, 11) is 0. The molecule has 4 rings (SSSR count). The average molecular weight is 555 g/mol. The lowest BCUT2D eigenvalue weighted by molar-refractivity contribution is -0.137. The van der Waals surface area contributed by atoms with E-state index in [0.29, 0.717) is 17.3 Å². The van der Waals surface area contributed by atoms with Crippen LogP contribution < -0.4 is 0 Å². The highest BCUT2D eigenvalue weighted by molar-refractivity contribution is 5.66. The van der Waals surface area contributed by atoms with Crippen LogP contribution in [-0.4, -0.2) is 11.1 Å². The van der Waals surface area contributed by atoms with E-state index >= 15 is 0 Å². The summed E-state index contributed by atoms with van der Waals surface area (Å²) in [6.45, 7) is 12.9. The van der Waals surface area contributed by atoms with Gasteiger partial charge in [0, 0.05) is 6.42 Å². The van der Waals surface area contributed by atoms with Crippen molar-refractivity contribution in [2.45, 2.75) is 163 Å². The van der Waals surface area contributed by atoms with Gasteiger partial charge in [0.15, 0.2) is 0 Å². The third kappa shape index (κ3) is 7.58. The summed E-state index contributed by atoms with van der Waals surface area (Å²) in [4.78, 5) is 10.6. The number of aliphatic carboxylic acids is 1. The van der Waals surface area contributed by atoms with E-state index in [0.717, 1.165) is 60.2 Å². The monoisotopic (exact) mass is 555 g/mol. The summed E-state index contributed by atoms with van der Waals surface area (Å²) in [5, 5.41) is 8.74. The molecule has 9 atom stereocenters. The van der Waals surface area contributed by atoms with Crippen LogP contribution in [0.5, 0.6) is 0 Å². The molecular weight excluding hydrogens is 488 g/mol. The number of carboxylic acid groups (broad SMARTS) is 1. The summed E-state index contributed by atoms with van der Waals surface area (Å²) in [6.07, 6.45) is 31.4. The van der Waals surface area contributed by atoms with Crippen molar-refractivity contribution in [3.63, 3.8) is 0 Å². The molecule has 0 bridgehead atoms. The first-order valence-corrected chi connectivity index (χ1v) is 18.0. The van der Waals surface area contributed by atoms with Crippen LogP contribution in [0, 0.1) is 58.2 Å². The summed E-state index contributed by atoms with van der Waals surface area (Å²) in [5.74, 6) is 6.91. The molecule has 0 saturated heterocycles. The van der Waals surface area contributed by atoms with Gasteiger partial charge >= 0.3 is 5.97 Å². The first-order chi connectivity index (χ1) is 19.1. The number of carboxylic acids is 1. The molecule has 0 aromatic carbocycles. The van der Waals surface area contributed by atoms with Crippen molar-refractivity contribution in [1.82, 2.24) is 0 Å². The normalized spacial score (nSPS) is 38.2. The Morgan fingerprint density at radius 2 is 1.50 bits per heavy atom. The van der Waals surface area contributed by atoms with Crippen LogP contribution in [0.25, 0.3) is 0 Å². The molecule has 0 heterocycles. The molecule has 2 heteroatoms. The molecule has 2 nitrogen and oxygen atoms in total. The van der Waals surface area contributed by atoms with Gasteiger partial charge < -0.3 is 5.11 Å². The van der Waals surface area contributed by atoms with Gasteiger partial charge in [-0.15, -0.1) is 0 Å². The number of hydrogen-bond donors (Lipinski definition) is 1. The molecule has 40 heavy (non-hydrogen) atoms. The molecule has 4 aliphatic rings. The van der Waals surface area contributed by atoms with Crippen LogP contribution in [0.15, 0.2) is 12.2 Å². The van der Waals surface area contributed by atoms with Gasteiger partial charge in [-0.25, -0.2) is 0 Å². The molecule has 230 valence electrons. The van der Waals surface area contributed by atoms with Crippen LogP contribution >= 0.6 is 0 Å². The van der Waals surface area contributed by atoms with Crippen LogP contribution in [0.4, 0.5) is 0 Å². The van der Waals surface area contributed by atoms with Crippen molar-refractivity contribution in [2.24, 2.45) is 58.2 Å². The van der Waals surface area contributed by atoms with Gasteiger partial charge in [0.25, 0.3) is 0 Å². The maximum atomic E-state index is 10.6. The third-order valence-electron chi connectivity index (χ3n) is 13.3. The van der Waals surface area contributed by atoms with Gasteiger partial charge in [-0.2, -0.15) is 0 Å². The molecule has 4 saturated carbocycles. The quantitative estimate of drug-likeness (QED) is 0.161. The zero-order valence-electron chi connectivity index (χ0n) is 27.3. The van der Waals surface area contributed by atoms with Crippen LogP contribution in [0.2, 0.25) is 0 Å². The van der Waals surface area contributed by atoms with Gasteiger partial charge in [0.2, 0.25) is 0 Å². The molecule has 0 radical (unpaired) electrons. The average Bonchev–Trinajstić information content (AvgIpc) is 3.26. The topological polar surface area (TPSA) is 37.3 Å². The smallest absolute Gasteiger partial charge is 0.303 e. The zero-order chi connectivity index (χ0) is 28.8. The summed E-state index contributed by atoms with van der Waals surface area (Å²) < 4.78 is 0. The van der Waals surface area contributed by atoms with E-state index in [9.17, 15) is 4.79 Å². The second-order valence-corrected chi connectivity index (χ2v) is 16.2. The fourth-order valence-corrected chi connectivity index (χ4v) is 11.0. The molecule has 0 aromatic heterocycles. The summed E-state index contributed by atoms with van der Waals surface area (Å²) >= 11 is 0. The molecule has 4 fully saturated rings. The lowest BCUT2D eigenvalue weighted by Crippen LogP contribution is -2.53. The highest BCUT2D eigenvalue weighted by Crippen LogP contribution is 2.68. The van der Waals surface area contributed by atoms with E-state index in [1.807, 2.05) is 0 Å². The van der Waals surface area contributed by atoms with E-state index in [1.165, 1.54) is 109 Å². The Morgan fingerprint density at radius 3 is 2.25 bits per heavy atom. The van der Waals surface area contributed by atoms with Crippen molar-refractivity contribution in [3.05, 3.63) is 12.2 Å². The highest BCUT2D eigenvalue weighted by Gasteiger charge is 2.60. The van der Waals surface area contributed by atoms with E-state index in [-0.39, 0.29) is 0 Å². The van der Waals surface area contributed by atoms with Crippen LogP contribution in [-0.2, 0) is 4.79 Å². The fraction of sp³-hybridized carbons (Fsp3) is 0.921. The molecule has 0 aromatic rings. The zero-order valence-corrected chi connectivity index (χ0v) is 27.3. The number of fused-ring (bicyclic) bond motifs is 5. The predicted octanol–water partition coefficient (Wildman–Crippen LogP) is 11.5. The van der Waals surface area contributed by atoms with Crippen molar-refractivity contribution in [2.75, 3.05) is 0 Å². The lowest BCUT2D eigenvalue weighted by atomic mass is 9.44. The Labute approximate surface area is 248 Å². The third-order valence-corrected chi connectivity index (χ3v) is 13.3. The second kappa shape index (κ2) is 14.6. The van der Waals surface area contributed by atoms with Crippen molar-refractivity contribution < 1.29 is 9.90 Å². The Morgan fingerprint density at radius 1 is 0.800 bits per heavy atom. The maximum Gasteiger partial charge on any atom is 0.303 e. The van der Waals surface area contributed by atoms with Gasteiger partial charge in [-0.1, -0.05) is 91.7 Å². The van der Waals surface area contributed by atoms with Gasteiger partial charge in [-0.05, 0) is 135 Å². The Hall–Kier alpha value is -0.790. The van der Waals surface area contributed by atoms with Crippen molar-refractivity contribution in [1.29, 1.82) is 0 Å². The molecule has 0 aliphatic heterocycles. The van der Waals surface area contributed by atoms with Crippen LogP contribution in [0.1, 0.15) is 163 Å². The number of unbranched alkanes of at least 4 members (excludes halogenated alkanes) is 6. The van der Waals surface area contributed by atoms with Crippen molar-refractivity contribution >= 4 is 5.97 Å². The van der Waals surface area contributed by atoms with Crippen molar-refractivity contribution in [3.8, 4) is 0 Å². The van der Waals surface area contributed by atoms with E-state index in [4.69, 9.17) is 5.11 Å². The minimum absolute atomic E-state index is 0.337. The van der Waals surface area contributed by atoms with Crippen LogP contribution in [0.3, 0.4) is 0 Å². The molecule has 0 spiro atoms. The largest absolute Gasteiger partial charge is 0.481 e. The Bertz CT molecular complexity index is 814. The maximum absolute atomic E-state index is 10.6. The van der Waals surface area contributed by atoms with E-state index in [2.05, 4.69) is 46.8 Å². The molecule has 4 aliphatic carbocycles. The lowest BCUT2D eigenvalue weighted by Gasteiger charge is -2.61. The highest BCUT2D eigenvalue weighted by atomic mass is 16.4. The summed E-state index contributed by atoms with van der Waals surface area (Å²) in [6, 6.07) is 0. The second-order valence-electron chi connectivity index (χ2n) is 16.2. The number of hydrogen-bond acceptors (Lipinski definition) is 1. The first kappa shape index (κ1) is 32.1. The van der Waals surface area contributed by atoms with E-state index in [1.54, 1.807) is 0 Å². The number of allylic oxidation sites excluding steroid dienone is 2. The minimum Gasteiger partial charge on any atom is -0.481 e.